The van der Waals surface area contributed by atoms with Gasteiger partial charge < -0.3 is 10.3 Å². The Hall–Kier alpha value is -2.43. The number of H-pyrrole nitrogens is 1. The maximum Gasteiger partial charge on any atom is 0.275 e. The summed E-state index contributed by atoms with van der Waals surface area (Å²) < 4.78 is 0. The summed E-state index contributed by atoms with van der Waals surface area (Å²) in [7, 11) is 0. The second kappa shape index (κ2) is 5.28. The molecule has 5 nitrogen and oxygen atoms in total. The second-order valence-electron chi connectivity index (χ2n) is 5.58. The zero-order chi connectivity index (χ0) is 14.8. The van der Waals surface area contributed by atoms with Crippen LogP contribution < -0.4 is 10.9 Å². The van der Waals surface area contributed by atoms with E-state index in [0.29, 0.717) is 5.69 Å². The number of nitrogens with zero attached hydrogens (tertiary/aromatic N) is 1. The van der Waals surface area contributed by atoms with Gasteiger partial charge in [-0.1, -0.05) is 32.9 Å². The standard InChI is InChI=1S/C15H17N3O2/c1-15(2,3)10-4-6-11(7-5-10)18-14(20)12-8-17-13(19)9-16-12/h4-9H,1-3H3,(H,17,19)(H,18,20). The number of hydrogen-bond donors (Lipinski definition) is 2. The summed E-state index contributed by atoms with van der Waals surface area (Å²) in [5.74, 6) is -0.357. The molecule has 0 fully saturated rings. The van der Waals surface area contributed by atoms with Gasteiger partial charge >= 0.3 is 0 Å². The van der Waals surface area contributed by atoms with E-state index in [0.717, 1.165) is 6.20 Å². The summed E-state index contributed by atoms with van der Waals surface area (Å²) in [6.07, 6.45) is 2.37. The van der Waals surface area contributed by atoms with Gasteiger partial charge in [0.1, 0.15) is 5.69 Å². The van der Waals surface area contributed by atoms with Crippen molar-refractivity contribution in [1.82, 2.24) is 9.97 Å². The van der Waals surface area contributed by atoms with E-state index in [1.165, 1.54) is 11.8 Å². The number of aromatic amines is 1. The Bertz CT molecular complexity index is 646. The van der Waals surface area contributed by atoms with Crippen LogP contribution in [0.5, 0.6) is 0 Å². The smallest absolute Gasteiger partial charge is 0.275 e. The molecular formula is C15H17N3O2. The molecule has 0 unspecified atom stereocenters. The van der Waals surface area contributed by atoms with Gasteiger partial charge in [-0.25, -0.2) is 4.98 Å². The quantitative estimate of drug-likeness (QED) is 0.880. The fraction of sp³-hybridized carbons (Fsp3) is 0.267. The monoisotopic (exact) mass is 271 g/mol. The Balaban J connectivity index is 2.12. The lowest BCUT2D eigenvalue weighted by atomic mass is 9.87. The van der Waals surface area contributed by atoms with Gasteiger partial charge in [-0.15, -0.1) is 0 Å². The normalized spacial score (nSPS) is 11.2. The molecule has 2 N–H and O–H groups in total. The van der Waals surface area contributed by atoms with E-state index in [1.54, 1.807) is 0 Å². The topological polar surface area (TPSA) is 74.8 Å². The molecule has 0 aliphatic carbocycles. The first-order valence-corrected chi connectivity index (χ1v) is 6.33. The van der Waals surface area contributed by atoms with Crippen molar-refractivity contribution in [3.8, 4) is 0 Å². The van der Waals surface area contributed by atoms with Gasteiger partial charge in [0.15, 0.2) is 0 Å². The van der Waals surface area contributed by atoms with Crippen molar-refractivity contribution in [1.29, 1.82) is 0 Å². The number of carbonyl (C=O) groups is 1. The lowest BCUT2D eigenvalue weighted by Crippen LogP contribution is -2.17. The fourth-order valence-corrected chi connectivity index (χ4v) is 1.72. The van der Waals surface area contributed by atoms with Crippen LogP contribution in [0.15, 0.2) is 41.5 Å². The first-order valence-electron chi connectivity index (χ1n) is 6.33. The Morgan fingerprint density at radius 3 is 2.35 bits per heavy atom. The highest BCUT2D eigenvalue weighted by atomic mass is 16.2. The molecule has 0 spiro atoms. The third kappa shape index (κ3) is 3.32. The van der Waals surface area contributed by atoms with Gasteiger partial charge in [0, 0.05) is 11.9 Å². The largest absolute Gasteiger partial charge is 0.325 e. The molecule has 0 saturated carbocycles. The molecule has 0 aliphatic heterocycles. The van der Waals surface area contributed by atoms with Gasteiger partial charge in [-0.2, -0.15) is 0 Å². The lowest BCUT2D eigenvalue weighted by Gasteiger charge is -2.19. The molecule has 1 amide bonds. The van der Waals surface area contributed by atoms with Crippen molar-refractivity contribution in [2.75, 3.05) is 5.32 Å². The third-order valence-electron chi connectivity index (χ3n) is 2.91. The van der Waals surface area contributed by atoms with Gasteiger partial charge in [0.25, 0.3) is 11.5 Å². The van der Waals surface area contributed by atoms with Crippen LogP contribution in [-0.4, -0.2) is 15.9 Å². The molecule has 2 rings (SSSR count). The molecular weight excluding hydrogens is 254 g/mol. The Morgan fingerprint density at radius 1 is 1.20 bits per heavy atom. The van der Waals surface area contributed by atoms with E-state index in [-0.39, 0.29) is 22.6 Å². The highest BCUT2D eigenvalue weighted by Crippen LogP contribution is 2.23. The molecule has 0 atom stereocenters. The summed E-state index contributed by atoms with van der Waals surface area (Å²) in [5.41, 5.74) is 1.79. The van der Waals surface area contributed by atoms with Crippen LogP contribution >= 0.6 is 0 Å². The van der Waals surface area contributed by atoms with E-state index in [4.69, 9.17) is 0 Å². The molecule has 1 heterocycles. The SMILES string of the molecule is CC(C)(C)c1ccc(NC(=O)c2c[nH]c(=O)cn2)cc1. The molecule has 0 aliphatic rings. The number of nitrogens with one attached hydrogen (secondary N) is 2. The first kappa shape index (κ1) is 14.0. The maximum atomic E-state index is 11.9. The predicted molar refractivity (Wildman–Crippen MR) is 78.0 cm³/mol. The number of anilines is 1. The molecule has 1 aromatic heterocycles. The van der Waals surface area contributed by atoms with Crippen molar-refractivity contribution in [2.24, 2.45) is 0 Å². The molecule has 0 bridgehead atoms. The van der Waals surface area contributed by atoms with Gasteiger partial charge in [-0.3, -0.25) is 9.59 Å². The van der Waals surface area contributed by atoms with Crippen LogP contribution in [0.2, 0.25) is 0 Å². The number of rotatable bonds is 2. The number of amides is 1. The summed E-state index contributed by atoms with van der Waals surface area (Å²) in [5, 5.41) is 2.73. The van der Waals surface area contributed by atoms with E-state index in [9.17, 15) is 9.59 Å². The average molecular weight is 271 g/mol. The highest BCUT2D eigenvalue weighted by Gasteiger charge is 2.13. The molecule has 0 saturated heterocycles. The molecule has 2 aromatic rings. The molecule has 0 radical (unpaired) electrons. The Labute approximate surface area is 117 Å². The summed E-state index contributed by atoms with van der Waals surface area (Å²) in [6.45, 7) is 6.39. The van der Waals surface area contributed by atoms with Crippen molar-refractivity contribution >= 4 is 11.6 Å². The number of hydrogen-bond acceptors (Lipinski definition) is 3. The van der Waals surface area contributed by atoms with Crippen LogP contribution in [-0.2, 0) is 5.41 Å². The minimum Gasteiger partial charge on any atom is -0.325 e. The van der Waals surface area contributed by atoms with Gasteiger partial charge in [0.2, 0.25) is 0 Å². The predicted octanol–water partition coefficient (Wildman–Crippen LogP) is 2.32. The van der Waals surface area contributed by atoms with Crippen molar-refractivity contribution in [2.45, 2.75) is 26.2 Å². The Morgan fingerprint density at radius 2 is 1.85 bits per heavy atom. The van der Waals surface area contributed by atoms with E-state index in [2.05, 4.69) is 36.1 Å². The van der Waals surface area contributed by atoms with Crippen LogP contribution in [0, 0.1) is 0 Å². The van der Waals surface area contributed by atoms with Crippen LogP contribution in [0.25, 0.3) is 0 Å². The summed E-state index contributed by atoms with van der Waals surface area (Å²) >= 11 is 0. The minimum absolute atomic E-state index is 0.0724. The molecule has 5 heteroatoms. The molecule has 104 valence electrons. The van der Waals surface area contributed by atoms with Gasteiger partial charge in [-0.05, 0) is 23.1 Å². The summed E-state index contributed by atoms with van der Waals surface area (Å²) in [6, 6.07) is 7.67. The number of carbonyl (C=O) groups excluding carboxylic acids is 1. The summed E-state index contributed by atoms with van der Waals surface area (Å²) in [4.78, 5) is 29.0. The van der Waals surface area contributed by atoms with Crippen molar-refractivity contribution in [3.05, 3.63) is 58.3 Å². The van der Waals surface area contributed by atoms with Crippen molar-refractivity contribution in [3.63, 3.8) is 0 Å². The van der Waals surface area contributed by atoms with E-state index < -0.39 is 0 Å². The molecule has 1 aromatic carbocycles. The molecule has 20 heavy (non-hydrogen) atoms. The zero-order valence-electron chi connectivity index (χ0n) is 11.7. The van der Waals surface area contributed by atoms with Crippen LogP contribution in [0.3, 0.4) is 0 Å². The fourth-order valence-electron chi connectivity index (χ4n) is 1.72. The Kier molecular flexibility index (Phi) is 3.70. The zero-order valence-corrected chi connectivity index (χ0v) is 11.7. The number of aromatic nitrogens is 2. The first-order chi connectivity index (χ1) is 9.36. The highest BCUT2D eigenvalue weighted by molar-refractivity contribution is 6.02. The maximum absolute atomic E-state index is 11.9. The van der Waals surface area contributed by atoms with Crippen molar-refractivity contribution < 1.29 is 4.79 Å². The second-order valence-corrected chi connectivity index (χ2v) is 5.58. The lowest BCUT2D eigenvalue weighted by molar-refractivity contribution is 0.102. The van der Waals surface area contributed by atoms with E-state index in [1.807, 2.05) is 24.3 Å². The van der Waals surface area contributed by atoms with E-state index >= 15 is 0 Å². The van der Waals surface area contributed by atoms with Crippen LogP contribution in [0.1, 0.15) is 36.8 Å². The van der Waals surface area contributed by atoms with Crippen LogP contribution in [0.4, 0.5) is 5.69 Å². The minimum atomic E-state index is -0.357. The third-order valence-corrected chi connectivity index (χ3v) is 2.91. The number of benzene rings is 1. The van der Waals surface area contributed by atoms with Gasteiger partial charge in [0.05, 0.1) is 6.20 Å². The average Bonchev–Trinajstić information content (AvgIpc) is 2.39.